The van der Waals surface area contributed by atoms with E-state index in [2.05, 4.69) is 56.4 Å². The average molecular weight is 175 g/mol. The molecule has 0 unspecified atom stereocenters. The summed E-state index contributed by atoms with van der Waals surface area (Å²) in [7, 11) is 4.11. The minimum absolute atomic E-state index is 1.07. The zero-order chi connectivity index (χ0) is 9.68. The van der Waals surface area contributed by atoms with E-state index in [0.717, 1.165) is 6.42 Å². The molecule has 0 aromatic heterocycles. The van der Waals surface area contributed by atoms with Gasteiger partial charge in [-0.25, -0.2) is 0 Å². The van der Waals surface area contributed by atoms with Gasteiger partial charge in [0, 0.05) is 20.3 Å². The average Bonchev–Trinajstić information content (AvgIpc) is 2.15. The van der Waals surface area contributed by atoms with Crippen molar-refractivity contribution in [1.82, 2.24) is 4.90 Å². The predicted molar refractivity (Wildman–Crippen MR) is 58.4 cm³/mol. The van der Waals surface area contributed by atoms with Crippen LogP contribution < -0.4 is 0 Å². The minimum Gasteiger partial charge on any atom is -0.383 e. The van der Waals surface area contributed by atoms with Gasteiger partial charge in [0.25, 0.3) is 0 Å². The first-order chi connectivity index (χ1) is 6.24. The van der Waals surface area contributed by atoms with Gasteiger partial charge in [-0.15, -0.1) is 0 Å². The lowest BCUT2D eigenvalue weighted by Crippen LogP contribution is -2.02. The summed E-state index contributed by atoms with van der Waals surface area (Å²) in [4.78, 5) is 2.09. The first-order valence-electron chi connectivity index (χ1n) is 4.66. The number of nitrogens with zero attached hydrogens (tertiary/aromatic N) is 1. The standard InChI is InChI=1S/C12H17N/c1-4-11(10-13(2)3)12-8-6-5-7-9-12/h5-10H,4H2,1-3H3/b11-10+. The molecule has 0 aliphatic rings. The lowest BCUT2D eigenvalue weighted by atomic mass is 10.1. The largest absolute Gasteiger partial charge is 0.383 e. The van der Waals surface area contributed by atoms with Crippen molar-refractivity contribution in [1.29, 1.82) is 0 Å². The topological polar surface area (TPSA) is 3.24 Å². The zero-order valence-electron chi connectivity index (χ0n) is 8.62. The third-order valence-electron chi connectivity index (χ3n) is 1.94. The Kier molecular flexibility index (Phi) is 3.56. The first-order valence-corrected chi connectivity index (χ1v) is 4.66. The molecule has 1 aromatic rings. The quantitative estimate of drug-likeness (QED) is 0.682. The molecule has 0 bridgehead atoms. The van der Waals surface area contributed by atoms with Gasteiger partial charge in [0.05, 0.1) is 0 Å². The number of hydrogen-bond acceptors (Lipinski definition) is 1. The van der Waals surface area contributed by atoms with E-state index in [-0.39, 0.29) is 0 Å². The molecule has 1 nitrogen and oxygen atoms in total. The molecule has 0 atom stereocenters. The Morgan fingerprint density at radius 2 is 1.85 bits per heavy atom. The van der Waals surface area contributed by atoms with Crippen LogP contribution in [0.25, 0.3) is 5.57 Å². The summed E-state index contributed by atoms with van der Waals surface area (Å²) in [6.07, 6.45) is 3.25. The molecule has 0 fully saturated rings. The molecule has 0 heterocycles. The molecule has 0 aliphatic heterocycles. The Bertz CT molecular complexity index is 272. The Hall–Kier alpha value is -1.24. The Balaban J connectivity index is 2.91. The van der Waals surface area contributed by atoms with E-state index < -0.39 is 0 Å². The van der Waals surface area contributed by atoms with Crippen molar-refractivity contribution in [2.24, 2.45) is 0 Å². The maximum Gasteiger partial charge on any atom is 0.00557 e. The summed E-state index contributed by atoms with van der Waals surface area (Å²) in [6.45, 7) is 2.18. The SMILES string of the molecule is CC/C(=C\N(C)C)c1ccccc1. The molecule has 1 aromatic carbocycles. The molecular formula is C12H17N. The normalized spacial score (nSPS) is 11.5. The Morgan fingerprint density at radius 3 is 2.31 bits per heavy atom. The molecule has 0 saturated heterocycles. The molecule has 0 spiro atoms. The molecule has 0 saturated carbocycles. The van der Waals surface area contributed by atoms with Crippen molar-refractivity contribution in [2.75, 3.05) is 14.1 Å². The van der Waals surface area contributed by atoms with Gasteiger partial charge in [-0.3, -0.25) is 0 Å². The molecule has 1 heteroatoms. The number of allylic oxidation sites excluding steroid dienone is 1. The molecule has 13 heavy (non-hydrogen) atoms. The van der Waals surface area contributed by atoms with Gasteiger partial charge in [-0.1, -0.05) is 37.3 Å². The van der Waals surface area contributed by atoms with E-state index >= 15 is 0 Å². The van der Waals surface area contributed by atoms with Crippen LogP contribution in [-0.2, 0) is 0 Å². The summed E-state index contributed by atoms with van der Waals surface area (Å²) in [5.74, 6) is 0. The van der Waals surface area contributed by atoms with Crippen molar-refractivity contribution in [3.63, 3.8) is 0 Å². The second kappa shape index (κ2) is 4.70. The van der Waals surface area contributed by atoms with Gasteiger partial charge in [-0.2, -0.15) is 0 Å². The van der Waals surface area contributed by atoms with Crippen LogP contribution in [0.1, 0.15) is 18.9 Å². The monoisotopic (exact) mass is 175 g/mol. The van der Waals surface area contributed by atoms with Crippen LogP contribution in [0.3, 0.4) is 0 Å². The van der Waals surface area contributed by atoms with Crippen LogP contribution in [0, 0.1) is 0 Å². The third kappa shape index (κ3) is 2.94. The van der Waals surface area contributed by atoms with Gasteiger partial charge in [0.2, 0.25) is 0 Å². The van der Waals surface area contributed by atoms with Crippen LogP contribution in [0.5, 0.6) is 0 Å². The summed E-state index contributed by atoms with van der Waals surface area (Å²) in [5.41, 5.74) is 2.70. The fourth-order valence-electron chi connectivity index (χ4n) is 1.33. The van der Waals surface area contributed by atoms with E-state index in [1.54, 1.807) is 0 Å². The van der Waals surface area contributed by atoms with Crippen molar-refractivity contribution in [3.05, 3.63) is 42.1 Å². The van der Waals surface area contributed by atoms with Gasteiger partial charge in [-0.05, 0) is 17.6 Å². The highest BCUT2D eigenvalue weighted by Crippen LogP contribution is 2.17. The van der Waals surface area contributed by atoms with Crippen molar-refractivity contribution < 1.29 is 0 Å². The van der Waals surface area contributed by atoms with Crippen LogP contribution >= 0.6 is 0 Å². The van der Waals surface area contributed by atoms with Crippen LogP contribution in [0.4, 0.5) is 0 Å². The van der Waals surface area contributed by atoms with Crippen molar-refractivity contribution in [2.45, 2.75) is 13.3 Å². The lowest BCUT2D eigenvalue weighted by molar-refractivity contribution is 0.564. The van der Waals surface area contributed by atoms with Crippen LogP contribution in [0.15, 0.2) is 36.5 Å². The molecule has 0 amide bonds. The second-order valence-corrected chi connectivity index (χ2v) is 3.34. The Morgan fingerprint density at radius 1 is 1.23 bits per heavy atom. The summed E-state index contributed by atoms with van der Waals surface area (Å²) in [6, 6.07) is 10.5. The Labute approximate surface area is 80.7 Å². The van der Waals surface area contributed by atoms with Crippen molar-refractivity contribution in [3.8, 4) is 0 Å². The smallest absolute Gasteiger partial charge is 0.00557 e. The van der Waals surface area contributed by atoms with Crippen LogP contribution in [0.2, 0.25) is 0 Å². The van der Waals surface area contributed by atoms with Gasteiger partial charge >= 0.3 is 0 Å². The van der Waals surface area contributed by atoms with Crippen molar-refractivity contribution >= 4 is 5.57 Å². The molecular weight excluding hydrogens is 158 g/mol. The fraction of sp³-hybridized carbons (Fsp3) is 0.333. The summed E-state index contributed by atoms with van der Waals surface area (Å²) >= 11 is 0. The van der Waals surface area contributed by atoms with E-state index in [9.17, 15) is 0 Å². The minimum atomic E-state index is 1.07. The molecule has 0 aliphatic carbocycles. The first kappa shape index (κ1) is 9.85. The zero-order valence-corrected chi connectivity index (χ0v) is 8.62. The van der Waals surface area contributed by atoms with E-state index in [0.29, 0.717) is 0 Å². The van der Waals surface area contributed by atoms with Crippen LogP contribution in [-0.4, -0.2) is 19.0 Å². The second-order valence-electron chi connectivity index (χ2n) is 3.34. The predicted octanol–water partition coefficient (Wildman–Crippen LogP) is 3.00. The molecule has 0 N–H and O–H groups in total. The van der Waals surface area contributed by atoms with E-state index in [1.165, 1.54) is 11.1 Å². The number of hydrogen-bond donors (Lipinski definition) is 0. The highest BCUT2D eigenvalue weighted by Gasteiger charge is 1.97. The molecule has 0 radical (unpaired) electrons. The van der Waals surface area contributed by atoms with Gasteiger partial charge in [0.15, 0.2) is 0 Å². The summed E-state index contributed by atoms with van der Waals surface area (Å²) in [5, 5.41) is 0. The highest BCUT2D eigenvalue weighted by atomic mass is 15.0. The molecule has 1 rings (SSSR count). The maximum absolute atomic E-state index is 2.18. The maximum atomic E-state index is 2.18. The number of benzene rings is 1. The van der Waals surface area contributed by atoms with Gasteiger partial charge in [0.1, 0.15) is 0 Å². The lowest BCUT2D eigenvalue weighted by Gasteiger charge is -2.10. The summed E-state index contributed by atoms with van der Waals surface area (Å²) < 4.78 is 0. The fourth-order valence-corrected chi connectivity index (χ4v) is 1.33. The number of rotatable bonds is 3. The van der Waals surface area contributed by atoms with E-state index in [1.807, 2.05) is 6.07 Å². The molecule has 70 valence electrons. The van der Waals surface area contributed by atoms with Gasteiger partial charge < -0.3 is 4.90 Å². The third-order valence-corrected chi connectivity index (χ3v) is 1.94. The van der Waals surface area contributed by atoms with E-state index in [4.69, 9.17) is 0 Å². The highest BCUT2D eigenvalue weighted by molar-refractivity contribution is 5.64.